The Morgan fingerprint density at radius 3 is 2.70 bits per heavy atom. The molecule has 1 fully saturated rings. The van der Waals surface area contributed by atoms with Gasteiger partial charge >= 0.3 is 0 Å². The summed E-state index contributed by atoms with van der Waals surface area (Å²) < 4.78 is 25.2. The maximum Gasteiger partial charge on any atom is 0.256 e. The Kier molecular flexibility index (Phi) is 5.20. The van der Waals surface area contributed by atoms with Crippen LogP contribution < -0.4 is 0 Å². The summed E-state index contributed by atoms with van der Waals surface area (Å²) in [6.07, 6.45) is 1.18. The number of hydrogen-bond acceptors (Lipinski definition) is 4. The summed E-state index contributed by atoms with van der Waals surface area (Å²) in [5.74, 6) is 0.935. The fourth-order valence-corrected chi connectivity index (χ4v) is 6.02. The first-order chi connectivity index (χ1) is 9.30. The van der Waals surface area contributed by atoms with Crippen LogP contribution in [0.2, 0.25) is 0 Å². The molecular weight excluding hydrogens is 430 g/mol. The molecule has 1 heterocycles. The maximum atomic E-state index is 12.6. The fraction of sp³-hybridized carbons (Fsp3) is 0.417. The van der Waals surface area contributed by atoms with Crippen LogP contribution in [0.4, 0.5) is 0 Å². The molecule has 8 heteroatoms. The molecule has 0 aliphatic carbocycles. The zero-order valence-corrected chi connectivity index (χ0v) is 15.5. The second-order valence-electron chi connectivity index (χ2n) is 4.48. The Morgan fingerprint density at radius 2 is 2.10 bits per heavy atom. The van der Waals surface area contributed by atoms with Gasteiger partial charge < -0.3 is 4.90 Å². The molecule has 1 amide bonds. The number of nitrogens with zero attached hydrogens (tertiary/aromatic N) is 1. The average molecular weight is 443 g/mol. The molecule has 110 valence electrons. The van der Waals surface area contributed by atoms with E-state index in [1.807, 2.05) is 0 Å². The lowest BCUT2D eigenvalue weighted by Gasteiger charge is -2.34. The van der Waals surface area contributed by atoms with E-state index in [-0.39, 0.29) is 5.91 Å². The third-order valence-electron chi connectivity index (χ3n) is 3.00. The topological polar surface area (TPSA) is 54.5 Å². The molecule has 1 atom stereocenters. The first-order valence-electron chi connectivity index (χ1n) is 5.83. The highest BCUT2D eigenvalue weighted by atomic mass is 79.9. The van der Waals surface area contributed by atoms with E-state index in [0.717, 1.165) is 10.2 Å². The number of sulfone groups is 1. The third-order valence-corrected chi connectivity index (χ3v) is 6.79. The van der Waals surface area contributed by atoms with E-state index < -0.39 is 15.2 Å². The van der Waals surface area contributed by atoms with Gasteiger partial charge in [0.05, 0.1) is 5.56 Å². The first kappa shape index (κ1) is 16.3. The number of hydrogen-bond donors (Lipinski definition) is 0. The molecule has 1 aliphatic rings. The normalized spacial score (nSPS) is 19.9. The van der Waals surface area contributed by atoms with Crippen molar-refractivity contribution in [2.24, 2.45) is 0 Å². The summed E-state index contributed by atoms with van der Waals surface area (Å²) in [5.41, 5.74) is 0.480. The van der Waals surface area contributed by atoms with Crippen molar-refractivity contribution in [3.05, 3.63) is 32.7 Å². The van der Waals surface area contributed by atoms with Crippen LogP contribution in [0.15, 0.2) is 27.1 Å². The molecule has 1 aliphatic heterocycles. The van der Waals surface area contributed by atoms with E-state index >= 15 is 0 Å². The Hall–Kier alpha value is -0.0500. The van der Waals surface area contributed by atoms with Crippen LogP contribution in [0.5, 0.6) is 0 Å². The van der Waals surface area contributed by atoms with Crippen LogP contribution in [0, 0.1) is 0 Å². The van der Waals surface area contributed by atoms with Gasteiger partial charge in [-0.05, 0) is 34.1 Å². The maximum absolute atomic E-state index is 12.6. The summed E-state index contributed by atoms with van der Waals surface area (Å²) in [6, 6.07) is 5.24. The van der Waals surface area contributed by atoms with Gasteiger partial charge in [0.2, 0.25) is 0 Å². The molecule has 1 unspecified atom stereocenters. The van der Waals surface area contributed by atoms with Gasteiger partial charge in [0, 0.05) is 33.3 Å². The minimum absolute atomic E-state index is 0.250. The van der Waals surface area contributed by atoms with Gasteiger partial charge in [0.1, 0.15) is 5.37 Å². The van der Waals surface area contributed by atoms with Crippen molar-refractivity contribution in [2.45, 2.75) is 5.37 Å². The second-order valence-corrected chi connectivity index (χ2v) is 9.60. The molecule has 0 bridgehead atoms. The minimum Gasteiger partial charge on any atom is -0.320 e. The summed E-state index contributed by atoms with van der Waals surface area (Å²) in [6.45, 7) is 0.448. The van der Waals surface area contributed by atoms with Crippen molar-refractivity contribution in [1.29, 1.82) is 0 Å². The van der Waals surface area contributed by atoms with Crippen molar-refractivity contribution < 1.29 is 13.2 Å². The largest absolute Gasteiger partial charge is 0.320 e. The highest BCUT2D eigenvalue weighted by molar-refractivity contribution is 9.11. The molecule has 4 nitrogen and oxygen atoms in total. The highest BCUT2D eigenvalue weighted by Gasteiger charge is 2.35. The Balaban J connectivity index is 2.35. The van der Waals surface area contributed by atoms with Gasteiger partial charge in [0.15, 0.2) is 9.84 Å². The zero-order chi connectivity index (χ0) is 14.9. The minimum atomic E-state index is -3.29. The van der Waals surface area contributed by atoms with Crippen LogP contribution in [0.3, 0.4) is 0 Å². The highest BCUT2D eigenvalue weighted by Crippen LogP contribution is 2.27. The van der Waals surface area contributed by atoms with Crippen LogP contribution in [-0.4, -0.2) is 48.9 Å². The van der Waals surface area contributed by atoms with Gasteiger partial charge in [-0.3, -0.25) is 4.79 Å². The summed E-state index contributed by atoms with van der Waals surface area (Å²) in [4.78, 5) is 14.1. The number of thioether (sulfide) groups is 1. The Morgan fingerprint density at radius 1 is 1.40 bits per heavy atom. The van der Waals surface area contributed by atoms with Crippen LogP contribution in [0.25, 0.3) is 0 Å². The van der Waals surface area contributed by atoms with Crippen molar-refractivity contribution >= 4 is 59.4 Å². The molecule has 1 saturated heterocycles. The van der Waals surface area contributed by atoms with Crippen LogP contribution >= 0.6 is 43.6 Å². The van der Waals surface area contributed by atoms with E-state index in [0.29, 0.717) is 22.3 Å². The molecule has 2 rings (SSSR count). The Labute approximate surface area is 139 Å². The zero-order valence-electron chi connectivity index (χ0n) is 10.7. The molecule has 1 aromatic rings. The predicted octanol–water partition coefficient (Wildman–Crippen LogP) is 2.77. The van der Waals surface area contributed by atoms with E-state index in [9.17, 15) is 13.2 Å². The number of benzene rings is 1. The summed E-state index contributed by atoms with van der Waals surface area (Å²) in [5, 5.41) is -0.746. The van der Waals surface area contributed by atoms with Gasteiger partial charge in [-0.25, -0.2) is 8.42 Å². The lowest BCUT2D eigenvalue weighted by atomic mass is 10.2. The SMILES string of the molecule is CS(=O)(=O)C1CSCCN1C(=O)c1ccc(Br)cc1Br. The molecule has 1 aromatic carbocycles. The van der Waals surface area contributed by atoms with Crippen molar-refractivity contribution in [3.8, 4) is 0 Å². The average Bonchev–Trinajstić information content (AvgIpc) is 2.37. The number of amides is 1. The molecule has 0 N–H and O–H groups in total. The van der Waals surface area contributed by atoms with Gasteiger partial charge in [-0.1, -0.05) is 15.9 Å². The lowest BCUT2D eigenvalue weighted by Crippen LogP contribution is -2.50. The van der Waals surface area contributed by atoms with Crippen molar-refractivity contribution in [2.75, 3.05) is 24.3 Å². The van der Waals surface area contributed by atoms with Gasteiger partial charge in [-0.2, -0.15) is 11.8 Å². The van der Waals surface area contributed by atoms with Crippen LogP contribution in [-0.2, 0) is 9.84 Å². The number of halogens is 2. The summed E-state index contributed by atoms with van der Waals surface area (Å²) >= 11 is 8.24. The second kappa shape index (κ2) is 6.37. The molecule has 20 heavy (non-hydrogen) atoms. The summed E-state index contributed by atoms with van der Waals surface area (Å²) in [7, 11) is -3.29. The van der Waals surface area contributed by atoms with E-state index in [1.165, 1.54) is 11.2 Å². The van der Waals surface area contributed by atoms with E-state index in [2.05, 4.69) is 31.9 Å². The first-order valence-corrected chi connectivity index (χ1v) is 10.5. The standard InChI is InChI=1S/C12H13Br2NO3S2/c1-20(17,18)11-7-19-5-4-15(11)12(16)9-3-2-8(13)6-10(9)14/h2-3,6,11H,4-5,7H2,1H3. The predicted molar refractivity (Wildman–Crippen MR) is 88.8 cm³/mol. The quantitative estimate of drug-likeness (QED) is 0.706. The Bertz CT molecular complexity index is 634. The fourth-order valence-electron chi connectivity index (χ4n) is 1.99. The molecule has 0 aromatic heterocycles. The lowest BCUT2D eigenvalue weighted by molar-refractivity contribution is 0.0748. The van der Waals surface area contributed by atoms with Crippen molar-refractivity contribution in [1.82, 2.24) is 4.90 Å². The van der Waals surface area contributed by atoms with Crippen molar-refractivity contribution in [3.63, 3.8) is 0 Å². The van der Waals surface area contributed by atoms with E-state index in [1.54, 1.807) is 30.0 Å². The van der Waals surface area contributed by atoms with E-state index in [4.69, 9.17) is 0 Å². The van der Waals surface area contributed by atoms with Gasteiger partial charge in [-0.15, -0.1) is 0 Å². The smallest absolute Gasteiger partial charge is 0.256 e. The molecule has 0 radical (unpaired) electrons. The molecule has 0 saturated carbocycles. The number of rotatable bonds is 2. The number of carbonyl (C=O) groups excluding carboxylic acids is 1. The molecule has 0 spiro atoms. The number of carbonyl (C=O) groups is 1. The molecular formula is C12H13Br2NO3S2. The van der Waals surface area contributed by atoms with Gasteiger partial charge in [0.25, 0.3) is 5.91 Å². The monoisotopic (exact) mass is 441 g/mol. The van der Waals surface area contributed by atoms with Crippen LogP contribution in [0.1, 0.15) is 10.4 Å². The third kappa shape index (κ3) is 3.58.